The second-order valence-electron chi connectivity index (χ2n) is 2.85. The topological polar surface area (TPSA) is 95.5 Å². The van der Waals surface area contributed by atoms with Gasteiger partial charge in [-0.2, -0.15) is 0 Å². The van der Waals surface area contributed by atoms with Gasteiger partial charge >= 0.3 is 5.97 Å². The Morgan fingerprint density at radius 1 is 1.60 bits per heavy atom. The van der Waals surface area contributed by atoms with Crippen LogP contribution in [0.4, 0.5) is 11.4 Å². The van der Waals surface area contributed by atoms with Crippen LogP contribution < -0.4 is 5.73 Å². The number of anilines is 1. The normalized spacial score (nSPS) is 9.67. The number of rotatable bonds is 3. The van der Waals surface area contributed by atoms with E-state index in [4.69, 9.17) is 5.73 Å². The second kappa shape index (κ2) is 4.41. The van der Waals surface area contributed by atoms with Crippen molar-refractivity contribution in [3.8, 4) is 0 Å². The van der Waals surface area contributed by atoms with Gasteiger partial charge in [0.05, 0.1) is 24.0 Å². The zero-order valence-electron chi connectivity index (χ0n) is 8.10. The van der Waals surface area contributed by atoms with Gasteiger partial charge in [0.25, 0.3) is 5.69 Å². The number of nitrogens with zero attached hydrogens (tertiary/aromatic N) is 1. The third kappa shape index (κ3) is 2.43. The van der Waals surface area contributed by atoms with Crippen LogP contribution in [0.25, 0.3) is 0 Å². The quantitative estimate of drug-likeness (QED) is 0.346. The molecule has 0 heterocycles. The molecule has 80 valence electrons. The van der Waals surface area contributed by atoms with E-state index in [-0.39, 0.29) is 23.4 Å². The van der Waals surface area contributed by atoms with Gasteiger partial charge in [0.1, 0.15) is 0 Å². The Labute approximate surface area is 85.8 Å². The van der Waals surface area contributed by atoms with E-state index in [9.17, 15) is 14.9 Å². The maximum Gasteiger partial charge on any atom is 0.310 e. The summed E-state index contributed by atoms with van der Waals surface area (Å²) < 4.78 is 4.43. The SMILES string of the molecule is COC(=O)Cc1c(N)cccc1[N+](=O)[O-]. The number of methoxy groups -OCH3 is 1. The summed E-state index contributed by atoms with van der Waals surface area (Å²) in [5.41, 5.74) is 5.79. The van der Waals surface area contributed by atoms with Crippen molar-refractivity contribution in [1.29, 1.82) is 0 Å². The van der Waals surface area contributed by atoms with Gasteiger partial charge in [0, 0.05) is 11.8 Å². The smallest absolute Gasteiger partial charge is 0.310 e. The molecule has 1 aromatic rings. The Morgan fingerprint density at radius 3 is 2.80 bits per heavy atom. The zero-order chi connectivity index (χ0) is 11.4. The molecule has 0 atom stereocenters. The Balaban J connectivity index is 3.13. The molecule has 1 rings (SSSR count). The third-order valence-corrected chi connectivity index (χ3v) is 1.93. The van der Waals surface area contributed by atoms with Crippen molar-refractivity contribution in [3.05, 3.63) is 33.9 Å². The van der Waals surface area contributed by atoms with E-state index in [2.05, 4.69) is 4.74 Å². The van der Waals surface area contributed by atoms with Crippen LogP contribution in [0.2, 0.25) is 0 Å². The van der Waals surface area contributed by atoms with Gasteiger partial charge in [0.15, 0.2) is 0 Å². The molecule has 0 aromatic heterocycles. The van der Waals surface area contributed by atoms with Crippen molar-refractivity contribution >= 4 is 17.3 Å². The number of benzene rings is 1. The number of carbonyl (C=O) groups excluding carboxylic acids is 1. The fraction of sp³-hybridized carbons (Fsp3) is 0.222. The van der Waals surface area contributed by atoms with Crippen molar-refractivity contribution in [2.45, 2.75) is 6.42 Å². The third-order valence-electron chi connectivity index (χ3n) is 1.93. The predicted molar refractivity (Wildman–Crippen MR) is 53.2 cm³/mol. The Kier molecular flexibility index (Phi) is 3.22. The molecule has 0 unspecified atom stereocenters. The lowest BCUT2D eigenvalue weighted by molar-refractivity contribution is -0.385. The van der Waals surface area contributed by atoms with E-state index in [0.717, 1.165) is 0 Å². The first-order valence-corrected chi connectivity index (χ1v) is 4.15. The van der Waals surface area contributed by atoms with Gasteiger partial charge in [-0.15, -0.1) is 0 Å². The summed E-state index contributed by atoms with van der Waals surface area (Å²) in [6, 6.07) is 4.27. The standard InChI is InChI=1S/C9H10N2O4/c1-15-9(12)5-6-7(10)3-2-4-8(6)11(13)14/h2-4H,5,10H2,1H3. The largest absolute Gasteiger partial charge is 0.469 e. The molecule has 15 heavy (non-hydrogen) atoms. The molecular formula is C9H10N2O4. The first kappa shape index (κ1) is 11.0. The van der Waals surface area contributed by atoms with E-state index in [1.165, 1.54) is 25.3 Å². The van der Waals surface area contributed by atoms with Gasteiger partial charge in [-0.3, -0.25) is 14.9 Å². The minimum absolute atomic E-state index is 0.166. The molecule has 0 aliphatic heterocycles. The van der Waals surface area contributed by atoms with Crippen molar-refractivity contribution in [1.82, 2.24) is 0 Å². The van der Waals surface area contributed by atoms with Crippen LogP contribution in [-0.2, 0) is 16.0 Å². The fourth-order valence-electron chi connectivity index (χ4n) is 1.17. The lowest BCUT2D eigenvalue weighted by Crippen LogP contribution is -2.09. The number of hydrogen-bond acceptors (Lipinski definition) is 5. The zero-order valence-corrected chi connectivity index (χ0v) is 8.10. The maximum atomic E-state index is 11.0. The number of nitro groups is 1. The lowest BCUT2D eigenvalue weighted by Gasteiger charge is -2.04. The maximum absolute atomic E-state index is 11.0. The van der Waals surface area contributed by atoms with Gasteiger partial charge in [0.2, 0.25) is 0 Å². The number of ether oxygens (including phenoxy) is 1. The highest BCUT2D eigenvalue weighted by atomic mass is 16.6. The van der Waals surface area contributed by atoms with E-state index in [0.29, 0.717) is 0 Å². The number of nitro benzene ring substituents is 1. The van der Waals surface area contributed by atoms with Crippen molar-refractivity contribution in [2.24, 2.45) is 0 Å². The lowest BCUT2D eigenvalue weighted by atomic mass is 10.1. The fourth-order valence-corrected chi connectivity index (χ4v) is 1.17. The van der Waals surface area contributed by atoms with Gasteiger partial charge in [-0.1, -0.05) is 6.07 Å². The summed E-state index contributed by atoms with van der Waals surface area (Å²) in [5.74, 6) is -0.559. The molecule has 0 radical (unpaired) electrons. The number of esters is 1. The van der Waals surface area contributed by atoms with Crippen LogP contribution in [0.3, 0.4) is 0 Å². The molecule has 0 aliphatic rings. The molecule has 0 fully saturated rings. The molecule has 2 N–H and O–H groups in total. The number of carbonyl (C=O) groups is 1. The van der Waals surface area contributed by atoms with E-state index < -0.39 is 10.9 Å². The van der Waals surface area contributed by atoms with Crippen LogP contribution in [-0.4, -0.2) is 18.0 Å². The van der Waals surface area contributed by atoms with E-state index in [1.54, 1.807) is 0 Å². The summed E-state index contributed by atoms with van der Waals surface area (Å²) in [6.07, 6.45) is -0.195. The van der Waals surface area contributed by atoms with Crippen LogP contribution in [0.1, 0.15) is 5.56 Å². The average Bonchev–Trinajstić information content (AvgIpc) is 2.20. The second-order valence-corrected chi connectivity index (χ2v) is 2.85. The molecule has 6 heteroatoms. The van der Waals surface area contributed by atoms with E-state index in [1.807, 2.05) is 0 Å². The summed E-state index contributed by atoms with van der Waals surface area (Å²) in [6.45, 7) is 0. The highest BCUT2D eigenvalue weighted by Gasteiger charge is 2.18. The Morgan fingerprint density at radius 2 is 2.27 bits per heavy atom. The Hall–Kier alpha value is -2.11. The van der Waals surface area contributed by atoms with Gasteiger partial charge < -0.3 is 10.5 Å². The summed E-state index contributed by atoms with van der Waals surface area (Å²) in [5, 5.41) is 10.6. The van der Waals surface area contributed by atoms with Crippen molar-refractivity contribution in [2.75, 3.05) is 12.8 Å². The van der Waals surface area contributed by atoms with Crippen LogP contribution in [0.5, 0.6) is 0 Å². The molecule has 0 aliphatic carbocycles. The molecule has 6 nitrogen and oxygen atoms in total. The average molecular weight is 210 g/mol. The first-order chi connectivity index (χ1) is 7.06. The minimum Gasteiger partial charge on any atom is -0.469 e. The summed E-state index contributed by atoms with van der Waals surface area (Å²) in [4.78, 5) is 21.1. The summed E-state index contributed by atoms with van der Waals surface area (Å²) in [7, 11) is 1.22. The molecule has 1 aromatic carbocycles. The van der Waals surface area contributed by atoms with Gasteiger partial charge in [-0.05, 0) is 6.07 Å². The predicted octanol–water partition coefficient (Wildman–Crippen LogP) is 0.892. The van der Waals surface area contributed by atoms with Crippen LogP contribution in [0.15, 0.2) is 18.2 Å². The van der Waals surface area contributed by atoms with Crippen molar-refractivity contribution in [3.63, 3.8) is 0 Å². The molecule has 0 spiro atoms. The number of nitrogen functional groups attached to an aromatic ring is 1. The van der Waals surface area contributed by atoms with Gasteiger partial charge in [-0.25, -0.2) is 0 Å². The molecule has 0 bridgehead atoms. The molecule has 0 saturated carbocycles. The minimum atomic E-state index is -0.575. The summed E-state index contributed by atoms with van der Waals surface area (Å²) >= 11 is 0. The highest BCUT2D eigenvalue weighted by molar-refractivity contribution is 5.77. The molecule has 0 saturated heterocycles. The van der Waals surface area contributed by atoms with Crippen LogP contribution >= 0.6 is 0 Å². The van der Waals surface area contributed by atoms with Crippen molar-refractivity contribution < 1.29 is 14.5 Å². The highest BCUT2D eigenvalue weighted by Crippen LogP contribution is 2.24. The van der Waals surface area contributed by atoms with Crippen LogP contribution in [0, 0.1) is 10.1 Å². The Bertz CT molecular complexity index is 403. The number of hydrogen-bond donors (Lipinski definition) is 1. The monoisotopic (exact) mass is 210 g/mol. The molecular weight excluding hydrogens is 200 g/mol. The number of nitrogens with two attached hydrogens (primary N) is 1. The molecule has 0 amide bonds. The van der Waals surface area contributed by atoms with E-state index >= 15 is 0 Å². The first-order valence-electron chi connectivity index (χ1n) is 4.15.